The number of likely N-dealkylation sites (N-methyl/N-ethyl adjacent to an activating group) is 1. The van der Waals surface area contributed by atoms with Gasteiger partial charge in [0.05, 0.1) is 15.2 Å². The van der Waals surface area contributed by atoms with Gasteiger partial charge >= 0.3 is 0 Å². The quantitative estimate of drug-likeness (QED) is 0.776. The standard InChI is InChI=1S/C15H14BrN3S/c1-17-13(10-6-11(16)9-18-8-10)7-15-19-12-4-2-3-5-14(12)20-15/h2-6,8-9,13,17H,7H2,1H3. The van der Waals surface area contributed by atoms with Gasteiger partial charge in [-0.1, -0.05) is 12.1 Å². The molecular formula is C15H14BrN3S. The topological polar surface area (TPSA) is 37.8 Å². The van der Waals surface area contributed by atoms with Crippen molar-refractivity contribution in [3.63, 3.8) is 0 Å². The van der Waals surface area contributed by atoms with Crippen LogP contribution in [0, 0.1) is 0 Å². The van der Waals surface area contributed by atoms with E-state index in [-0.39, 0.29) is 6.04 Å². The Morgan fingerprint density at radius 1 is 1.30 bits per heavy atom. The fourth-order valence-electron chi connectivity index (χ4n) is 2.19. The van der Waals surface area contributed by atoms with Crippen LogP contribution in [0.2, 0.25) is 0 Å². The number of hydrogen-bond donors (Lipinski definition) is 1. The number of aromatic nitrogens is 2. The number of nitrogens with one attached hydrogen (secondary N) is 1. The fraction of sp³-hybridized carbons (Fsp3) is 0.200. The van der Waals surface area contributed by atoms with Gasteiger partial charge in [-0.2, -0.15) is 0 Å². The van der Waals surface area contributed by atoms with E-state index in [2.05, 4.69) is 50.5 Å². The maximum absolute atomic E-state index is 4.69. The van der Waals surface area contributed by atoms with Gasteiger partial charge in [0.15, 0.2) is 0 Å². The molecule has 0 spiro atoms. The van der Waals surface area contributed by atoms with Crippen molar-refractivity contribution < 1.29 is 0 Å². The summed E-state index contributed by atoms with van der Waals surface area (Å²) in [7, 11) is 1.97. The minimum atomic E-state index is 0.223. The molecule has 0 saturated heterocycles. The van der Waals surface area contributed by atoms with Crippen molar-refractivity contribution in [3.8, 4) is 0 Å². The second kappa shape index (κ2) is 5.99. The number of para-hydroxylation sites is 1. The lowest BCUT2D eigenvalue weighted by molar-refractivity contribution is 0.588. The summed E-state index contributed by atoms with van der Waals surface area (Å²) in [6, 6.07) is 10.6. The number of benzene rings is 1. The van der Waals surface area contributed by atoms with Crippen LogP contribution in [-0.2, 0) is 6.42 Å². The Morgan fingerprint density at radius 2 is 2.15 bits per heavy atom. The lowest BCUT2D eigenvalue weighted by Crippen LogP contribution is -2.18. The van der Waals surface area contributed by atoms with Crippen molar-refractivity contribution >= 4 is 37.5 Å². The highest BCUT2D eigenvalue weighted by Gasteiger charge is 2.13. The summed E-state index contributed by atoms with van der Waals surface area (Å²) >= 11 is 5.23. The van der Waals surface area contributed by atoms with Crippen molar-refractivity contribution in [1.29, 1.82) is 0 Å². The summed E-state index contributed by atoms with van der Waals surface area (Å²) in [5, 5.41) is 4.49. The molecule has 0 aliphatic carbocycles. The molecule has 3 nitrogen and oxygen atoms in total. The maximum Gasteiger partial charge on any atom is 0.0957 e. The number of rotatable bonds is 4. The Kier molecular flexibility index (Phi) is 4.10. The van der Waals surface area contributed by atoms with Crippen LogP contribution in [0.15, 0.2) is 47.2 Å². The molecule has 0 fully saturated rings. The van der Waals surface area contributed by atoms with Gasteiger partial charge in [-0.15, -0.1) is 11.3 Å². The molecule has 5 heteroatoms. The summed E-state index contributed by atoms with van der Waals surface area (Å²) in [4.78, 5) is 8.93. The van der Waals surface area contributed by atoms with E-state index >= 15 is 0 Å². The van der Waals surface area contributed by atoms with Crippen LogP contribution in [0.4, 0.5) is 0 Å². The van der Waals surface area contributed by atoms with Crippen LogP contribution in [0.1, 0.15) is 16.6 Å². The van der Waals surface area contributed by atoms with Gasteiger partial charge in [0.25, 0.3) is 0 Å². The zero-order valence-corrected chi connectivity index (χ0v) is 13.4. The van der Waals surface area contributed by atoms with E-state index in [0.717, 1.165) is 21.4 Å². The second-order valence-corrected chi connectivity index (χ2v) is 6.59. The number of pyridine rings is 1. The second-order valence-electron chi connectivity index (χ2n) is 4.56. The Labute approximate surface area is 130 Å². The lowest BCUT2D eigenvalue weighted by Gasteiger charge is -2.14. The van der Waals surface area contributed by atoms with E-state index in [1.54, 1.807) is 17.5 Å². The number of halogens is 1. The predicted molar refractivity (Wildman–Crippen MR) is 87.1 cm³/mol. The minimum Gasteiger partial charge on any atom is -0.313 e. The average molecular weight is 348 g/mol. The van der Waals surface area contributed by atoms with Crippen LogP contribution in [0.25, 0.3) is 10.2 Å². The fourth-order valence-corrected chi connectivity index (χ4v) is 3.58. The summed E-state index contributed by atoms with van der Waals surface area (Å²) in [6.45, 7) is 0. The average Bonchev–Trinajstić information content (AvgIpc) is 2.87. The van der Waals surface area contributed by atoms with Gasteiger partial charge in [-0.3, -0.25) is 4.98 Å². The first-order chi connectivity index (χ1) is 9.76. The van der Waals surface area contributed by atoms with Crippen molar-refractivity contribution in [2.75, 3.05) is 7.05 Å². The Morgan fingerprint density at radius 3 is 2.90 bits per heavy atom. The molecular weight excluding hydrogens is 334 g/mol. The lowest BCUT2D eigenvalue weighted by atomic mass is 10.1. The third-order valence-electron chi connectivity index (χ3n) is 3.19. The predicted octanol–water partition coefficient (Wildman–Crippen LogP) is 3.96. The number of thiazole rings is 1. The van der Waals surface area contributed by atoms with Gasteiger partial charge in [-0.25, -0.2) is 4.98 Å². The first-order valence-corrected chi connectivity index (χ1v) is 7.99. The minimum absolute atomic E-state index is 0.223. The van der Waals surface area contributed by atoms with E-state index in [1.807, 2.05) is 19.3 Å². The number of fused-ring (bicyclic) bond motifs is 1. The number of nitrogens with zero attached hydrogens (tertiary/aromatic N) is 2. The van der Waals surface area contributed by atoms with Gasteiger partial charge < -0.3 is 5.32 Å². The molecule has 1 aromatic carbocycles. The van der Waals surface area contributed by atoms with Crippen molar-refractivity contribution in [1.82, 2.24) is 15.3 Å². The Bertz CT molecular complexity index is 693. The van der Waals surface area contributed by atoms with E-state index in [4.69, 9.17) is 4.98 Å². The van der Waals surface area contributed by atoms with Crippen molar-refractivity contribution in [2.24, 2.45) is 0 Å². The van der Waals surface area contributed by atoms with Crippen molar-refractivity contribution in [2.45, 2.75) is 12.5 Å². The number of hydrogen-bond acceptors (Lipinski definition) is 4. The van der Waals surface area contributed by atoms with Gasteiger partial charge in [-0.05, 0) is 46.7 Å². The molecule has 1 N–H and O–H groups in total. The molecule has 0 aliphatic heterocycles. The van der Waals surface area contributed by atoms with Crippen LogP contribution >= 0.6 is 27.3 Å². The molecule has 3 rings (SSSR count). The highest BCUT2D eigenvalue weighted by molar-refractivity contribution is 9.10. The van der Waals surface area contributed by atoms with Crippen LogP contribution in [0.3, 0.4) is 0 Å². The highest BCUT2D eigenvalue weighted by atomic mass is 79.9. The molecule has 1 unspecified atom stereocenters. The van der Waals surface area contributed by atoms with Gasteiger partial charge in [0.2, 0.25) is 0 Å². The normalized spacial score (nSPS) is 12.7. The molecule has 0 bridgehead atoms. The maximum atomic E-state index is 4.69. The van der Waals surface area contributed by atoms with E-state index in [0.29, 0.717) is 0 Å². The SMILES string of the molecule is CNC(Cc1nc2ccccc2s1)c1cncc(Br)c1. The van der Waals surface area contributed by atoms with E-state index < -0.39 is 0 Å². The monoisotopic (exact) mass is 347 g/mol. The first kappa shape index (κ1) is 13.7. The zero-order chi connectivity index (χ0) is 13.9. The smallest absolute Gasteiger partial charge is 0.0957 e. The third-order valence-corrected chi connectivity index (χ3v) is 4.69. The zero-order valence-electron chi connectivity index (χ0n) is 11.0. The highest BCUT2D eigenvalue weighted by Crippen LogP contribution is 2.26. The molecule has 2 heterocycles. The van der Waals surface area contributed by atoms with Crippen molar-refractivity contribution in [3.05, 3.63) is 57.8 Å². The van der Waals surface area contributed by atoms with E-state index in [9.17, 15) is 0 Å². The van der Waals surface area contributed by atoms with Gasteiger partial charge in [0.1, 0.15) is 0 Å². The molecule has 2 aromatic heterocycles. The van der Waals surface area contributed by atoms with Gasteiger partial charge in [0, 0.05) is 29.3 Å². The summed E-state index contributed by atoms with van der Waals surface area (Å²) in [5.74, 6) is 0. The van der Waals surface area contributed by atoms with E-state index in [1.165, 1.54) is 10.3 Å². The Balaban J connectivity index is 1.87. The largest absolute Gasteiger partial charge is 0.313 e. The van der Waals surface area contributed by atoms with Crippen LogP contribution in [0.5, 0.6) is 0 Å². The molecule has 20 heavy (non-hydrogen) atoms. The third kappa shape index (κ3) is 2.90. The van der Waals surface area contributed by atoms with Crippen LogP contribution < -0.4 is 5.32 Å². The molecule has 0 saturated carbocycles. The molecule has 3 aromatic rings. The van der Waals surface area contributed by atoms with Crippen LogP contribution in [-0.4, -0.2) is 17.0 Å². The molecule has 0 aliphatic rings. The molecule has 1 atom stereocenters. The molecule has 0 radical (unpaired) electrons. The summed E-state index contributed by atoms with van der Waals surface area (Å²) in [5.41, 5.74) is 2.25. The molecule has 0 amide bonds. The summed E-state index contributed by atoms with van der Waals surface area (Å²) < 4.78 is 2.24. The first-order valence-electron chi connectivity index (χ1n) is 6.38. The Hall–Kier alpha value is -1.30. The molecule has 102 valence electrons. The summed E-state index contributed by atoms with van der Waals surface area (Å²) in [6.07, 6.45) is 4.57.